The Balaban J connectivity index is 2.69. The van der Waals surface area contributed by atoms with Gasteiger partial charge in [-0.25, -0.2) is 0 Å². The van der Waals surface area contributed by atoms with Crippen LogP contribution in [0.25, 0.3) is 0 Å². The number of carbonyl (C=O) groups is 1. The lowest BCUT2D eigenvalue weighted by Crippen LogP contribution is -2.10. The molecule has 1 aromatic rings. The summed E-state index contributed by atoms with van der Waals surface area (Å²) in [5.74, 6) is 0.665. The Morgan fingerprint density at radius 2 is 2.18 bits per heavy atom. The summed E-state index contributed by atoms with van der Waals surface area (Å²) in [7, 11) is 0. The summed E-state index contributed by atoms with van der Waals surface area (Å²) in [5, 5.41) is 6.87. The molecule has 0 saturated heterocycles. The number of nitrogens with one attached hydrogen (secondary N) is 1. The number of aromatic nitrogens is 2. The number of rotatable bonds is 6. The lowest BCUT2D eigenvalue weighted by molar-refractivity contribution is -0.142. The molecular weight excluding hydrogens is 220 g/mol. The van der Waals surface area contributed by atoms with Gasteiger partial charge < -0.3 is 9.47 Å². The number of esters is 1. The van der Waals surface area contributed by atoms with Gasteiger partial charge in [-0.2, -0.15) is 0 Å². The van der Waals surface area contributed by atoms with Crippen molar-refractivity contribution < 1.29 is 14.3 Å². The number of hydrogen-bond donors (Lipinski definition) is 1. The lowest BCUT2D eigenvalue weighted by atomic mass is 10.2. The summed E-state index contributed by atoms with van der Waals surface area (Å²) >= 11 is 0. The summed E-state index contributed by atoms with van der Waals surface area (Å²) in [6.45, 7) is 8.74. The monoisotopic (exact) mass is 240 g/mol. The van der Waals surface area contributed by atoms with Gasteiger partial charge in [0.05, 0.1) is 19.6 Å². The van der Waals surface area contributed by atoms with Crippen LogP contribution in [0.4, 0.5) is 0 Å². The molecule has 0 aliphatic heterocycles. The van der Waals surface area contributed by atoms with Crippen LogP contribution in [0.3, 0.4) is 0 Å². The van der Waals surface area contributed by atoms with E-state index in [1.54, 1.807) is 6.92 Å². The average Bonchev–Trinajstić information content (AvgIpc) is 2.58. The molecule has 0 aromatic carbocycles. The van der Waals surface area contributed by atoms with Gasteiger partial charge in [0.2, 0.25) is 5.88 Å². The molecule has 96 valence electrons. The van der Waals surface area contributed by atoms with E-state index in [0.29, 0.717) is 25.0 Å². The highest BCUT2D eigenvalue weighted by molar-refractivity contribution is 5.73. The molecular formula is C12H20N2O3. The molecule has 0 fully saturated rings. The molecule has 1 heterocycles. The molecule has 5 heteroatoms. The van der Waals surface area contributed by atoms with E-state index in [1.807, 2.05) is 6.92 Å². The minimum Gasteiger partial charge on any atom is -0.476 e. The fraction of sp³-hybridized carbons (Fsp3) is 0.667. The molecule has 1 N–H and O–H groups in total. The van der Waals surface area contributed by atoms with Crippen molar-refractivity contribution in [3.8, 4) is 5.88 Å². The highest BCUT2D eigenvalue weighted by Crippen LogP contribution is 2.20. The number of hydrogen-bond acceptors (Lipinski definition) is 4. The van der Waals surface area contributed by atoms with Crippen LogP contribution in [0, 0.1) is 12.8 Å². The molecule has 5 nitrogen and oxygen atoms in total. The van der Waals surface area contributed by atoms with Crippen LogP contribution in [0.15, 0.2) is 0 Å². The minimum atomic E-state index is -0.258. The highest BCUT2D eigenvalue weighted by atomic mass is 16.5. The van der Waals surface area contributed by atoms with Crippen LogP contribution in [-0.4, -0.2) is 29.4 Å². The molecule has 1 aromatic heterocycles. The van der Waals surface area contributed by atoms with E-state index in [4.69, 9.17) is 9.47 Å². The zero-order chi connectivity index (χ0) is 12.8. The van der Waals surface area contributed by atoms with Gasteiger partial charge in [-0.3, -0.25) is 9.89 Å². The van der Waals surface area contributed by atoms with E-state index in [-0.39, 0.29) is 12.4 Å². The van der Waals surface area contributed by atoms with E-state index < -0.39 is 0 Å². The first kappa shape index (κ1) is 13.5. The van der Waals surface area contributed by atoms with Crippen LogP contribution >= 0.6 is 0 Å². The maximum absolute atomic E-state index is 11.4. The fourth-order valence-electron chi connectivity index (χ4n) is 1.36. The molecule has 0 amide bonds. The fourth-order valence-corrected chi connectivity index (χ4v) is 1.36. The third-order valence-corrected chi connectivity index (χ3v) is 2.22. The maximum Gasteiger partial charge on any atom is 0.310 e. The van der Waals surface area contributed by atoms with Crippen molar-refractivity contribution >= 4 is 5.97 Å². The first-order chi connectivity index (χ1) is 8.04. The van der Waals surface area contributed by atoms with Gasteiger partial charge in [0.15, 0.2) is 0 Å². The Hall–Kier alpha value is -1.52. The molecule has 0 aliphatic carbocycles. The van der Waals surface area contributed by atoms with Crippen molar-refractivity contribution in [3.05, 3.63) is 11.3 Å². The summed E-state index contributed by atoms with van der Waals surface area (Å²) in [4.78, 5) is 11.4. The van der Waals surface area contributed by atoms with Crippen molar-refractivity contribution in [3.63, 3.8) is 0 Å². The number of ether oxygens (including phenoxy) is 2. The molecule has 0 saturated carbocycles. The second-order valence-electron chi connectivity index (χ2n) is 4.32. The molecule has 0 unspecified atom stereocenters. The topological polar surface area (TPSA) is 64.2 Å². The number of H-pyrrole nitrogens is 1. The predicted molar refractivity (Wildman–Crippen MR) is 64.0 cm³/mol. The van der Waals surface area contributed by atoms with Crippen LogP contribution < -0.4 is 4.74 Å². The summed E-state index contributed by atoms with van der Waals surface area (Å²) < 4.78 is 10.5. The molecule has 1 rings (SSSR count). The molecule has 0 radical (unpaired) electrons. The zero-order valence-electron chi connectivity index (χ0n) is 10.9. The average molecular weight is 240 g/mol. The molecule has 0 aliphatic rings. The first-order valence-corrected chi connectivity index (χ1v) is 5.86. The van der Waals surface area contributed by atoms with Gasteiger partial charge >= 0.3 is 5.97 Å². The van der Waals surface area contributed by atoms with E-state index in [2.05, 4.69) is 24.0 Å². The third kappa shape index (κ3) is 4.09. The quantitative estimate of drug-likeness (QED) is 0.771. The zero-order valence-corrected chi connectivity index (χ0v) is 10.9. The van der Waals surface area contributed by atoms with E-state index in [0.717, 1.165) is 11.3 Å². The number of aromatic amines is 1. The van der Waals surface area contributed by atoms with Gasteiger partial charge in [-0.15, -0.1) is 5.10 Å². The van der Waals surface area contributed by atoms with Crippen LogP contribution in [0.1, 0.15) is 32.0 Å². The van der Waals surface area contributed by atoms with Gasteiger partial charge in [0.25, 0.3) is 0 Å². The molecule has 0 bridgehead atoms. The Kier molecular flexibility index (Phi) is 5.00. The van der Waals surface area contributed by atoms with Gasteiger partial charge in [-0.05, 0) is 19.8 Å². The highest BCUT2D eigenvalue weighted by Gasteiger charge is 2.16. The number of nitrogens with zero attached hydrogens (tertiary/aromatic N) is 1. The number of aryl methyl sites for hydroxylation is 1. The summed E-state index contributed by atoms with van der Waals surface area (Å²) in [5.41, 5.74) is 1.63. The van der Waals surface area contributed by atoms with Crippen molar-refractivity contribution in [2.45, 2.75) is 34.1 Å². The summed E-state index contributed by atoms with van der Waals surface area (Å²) in [6.07, 6.45) is 0.198. The Labute approximate surface area is 102 Å². The normalized spacial score (nSPS) is 10.6. The first-order valence-electron chi connectivity index (χ1n) is 5.86. The largest absolute Gasteiger partial charge is 0.476 e. The third-order valence-electron chi connectivity index (χ3n) is 2.22. The smallest absolute Gasteiger partial charge is 0.310 e. The molecule has 0 atom stereocenters. The van der Waals surface area contributed by atoms with Crippen LogP contribution in [0.2, 0.25) is 0 Å². The van der Waals surface area contributed by atoms with Gasteiger partial charge in [0, 0.05) is 11.3 Å². The van der Waals surface area contributed by atoms with Crippen LogP contribution in [-0.2, 0) is 16.0 Å². The lowest BCUT2D eigenvalue weighted by Gasteiger charge is -2.08. The molecule has 0 spiro atoms. The standard InChI is InChI=1S/C12H20N2O3/c1-5-16-11(15)6-10-9(4)13-14-12(10)17-7-8(2)3/h8H,5-7H2,1-4H3,(H,13,14). The van der Waals surface area contributed by atoms with E-state index in [1.165, 1.54) is 0 Å². The number of carbonyl (C=O) groups excluding carboxylic acids is 1. The van der Waals surface area contributed by atoms with Crippen molar-refractivity contribution in [1.82, 2.24) is 10.2 Å². The Morgan fingerprint density at radius 1 is 1.47 bits per heavy atom. The minimum absolute atomic E-state index is 0.198. The molecule has 17 heavy (non-hydrogen) atoms. The predicted octanol–water partition coefficient (Wildman–Crippen LogP) is 1.86. The second-order valence-corrected chi connectivity index (χ2v) is 4.32. The van der Waals surface area contributed by atoms with E-state index in [9.17, 15) is 4.79 Å². The maximum atomic E-state index is 11.4. The SMILES string of the molecule is CCOC(=O)Cc1c(OCC(C)C)n[nH]c1C. The van der Waals surface area contributed by atoms with Gasteiger partial charge in [-0.1, -0.05) is 13.8 Å². The van der Waals surface area contributed by atoms with Crippen molar-refractivity contribution in [2.75, 3.05) is 13.2 Å². The Morgan fingerprint density at radius 3 is 2.76 bits per heavy atom. The van der Waals surface area contributed by atoms with Crippen molar-refractivity contribution in [1.29, 1.82) is 0 Å². The van der Waals surface area contributed by atoms with E-state index >= 15 is 0 Å². The van der Waals surface area contributed by atoms with Crippen LogP contribution in [0.5, 0.6) is 5.88 Å². The summed E-state index contributed by atoms with van der Waals surface area (Å²) in [6, 6.07) is 0. The second kappa shape index (κ2) is 6.27. The van der Waals surface area contributed by atoms with Crippen molar-refractivity contribution in [2.24, 2.45) is 5.92 Å². The van der Waals surface area contributed by atoms with Gasteiger partial charge in [0.1, 0.15) is 0 Å². The Bertz CT molecular complexity index is 372.